The van der Waals surface area contributed by atoms with Crippen molar-refractivity contribution in [1.29, 1.82) is 0 Å². The van der Waals surface area contributed by atoms with E-state index in [9.17, 15) is 9.90 Å². The zero-order valence-electron chi connectivity index (χ0n) is 7.98. The summed E-state index contributed by atoms with van der Waals surface area (Å²) in [5.41, 5.74) is -0.726. The Morgan fingerprint density at radius 2 is 2.29 bits per heavy atom. The molecule has 1 rings (SSSR count). The first kappa shape index (κ1) is 11.6. The van der Waals surface area contributed by atoms with E-state index in [1.54, 1.807) is 25.3 Å². The minimum Gasteiger partial charge on any atom is -0.477 e. The van der Waals surface area contributed by atoms with Gasteiger partial charge < -0.3 is 10.2 Å². The van der Waals surface area contributed by atoms with E-state index in [2.05, 4.69) is 0 Å². The van der Waals surface area contributed by atoms with Gasteiger partial charge in [-0.15, -0.1) is 23.1 Å². The van der Waals surface area contributed by atoms with Crippen LogP contribution in [0, 0.1) is 0 Å². The van der Waals surface area contributed by atoms with Gasteiger partial charge in [0.15, 0.2) is 0 Å². The molecule has 78 valence electrons. The number of thioether (sulfide) groups is 1. The molecular formula is C9H12O3S2. The van der Waals surface area contributed by atoms with Gasteiger partial charge in [-0.05, 0) is 19.9 Å². The number of aromatic carboxylic acids is 1. The second-order valence-corrected chi connectivity index (χ2v) is 5.51. The normalized spacial score (nSPS) is 11.6. The summed E-state index contributed by atoms with van der Waals surface area (Å²) in [5.74, 6) is -0.340. The van der Waals surface area contributed by atoms with Gasteiger partial charge in [0.1, 0.15) is 4.88 Å². The van der Waals surface area contributed by atoms with Crippen LogP contribution in [0.15, 0.2) is 16.3 Å². The minimum absolute atomic E-state index is 0.336. The van der Waals surface area contributed by atoms with Gasteiger partial charge in [-0.3, -0.25) is 0 Å². The van der Waals surface area contributed by atoms with Gasteiger partial charge in [0.25, 0.3) is 0 Å². The molecule has 0 atom stereocenters. The Hall–Kier alpha value is -0.520. The van der Waals surface area contributed by atoms with Crippen molar-refractivity contribution in [2.75, 3.05) is 5.75 Å². The Morgan fingerprint density at radius 1 is 1.64 bits per heavy atom. The van der Waals surface area contributed by atoms with E-state index < -0.39 is 11.6 Å². The van der Waals surface area contributed by atoms with E-state index in [0.717, 1.165) is 4.90 Å². The van der Waals surface area contributed by atoms with Crippen LogP contribution in [0.1, 0.15) is 23.5 Å². The quantitative estimate of drug-likeness (QED) is 0.782. The highest BCUT2D eigenvalue weighted by Crippen LogP contribution is 2.27. The number of hydrogen-bond donors (Lipinski definition) is 2. The number of carboxylic acids is 1. The Morgan fingerprint density at radius 3 is 2.71 bits per heavy atom. The first-order valence-corrected chi connectivity index (χ1v) is 5.92. The van der Waals surface area contributed by atoms with E-state index in [-0.39, 0.29) is 0 Å². The summed E-state index contributed by atoms with van der Waals surface area (Å²) in [4.78, 5) is 11.8. The van der Waals surface area contributed by atoms with Crippen molar-refractivity contribution >= 4 is 29.1 Å². The van der Waals surface area contributed by atoms with Crippen LogP contribution in [0.25, 0.3) is 0 Å². The third-order valence-corrected chi connectivity index (χ3v) is 3.87. The molecule has 5 heteroatoms. The fourth-order valence-electron chi connectivity index (χ4n) is 0.767. The van der Waals surface area contributed by atoms with Gasteiger partial charge in [0.2, 0.25) is 0 Å². The highest BCUT2D eigenvalue weighted by atomic mass is 32.2. The largest absolute Gasteiger partial charge is 0.477 e. The van der Waals surface area contributed by atoms with Crippen LogP contribution in [-0.4, -0.2) is 27.5 Å². The molecule has 0 unspecified atom stereocenters. The molecule has 0 aromatic carbocycles. The highest BCUT2D eigenvalue weighted by molar-refractivity contribution is 7.99. The molecule has 1 heterocycles. The summed E-state index contributed by atoms with van der Waals surface area (Å²) in [5, 5.41) is 19.9. The second kappa shape index (κ2) is 4.33. The van der Waals surface area contributed by atoms with Crippen LogP contribution in [0.4, 0.5) is 0 Å². The summed E-state index contributed by atoms with van der Waals surface area (Å²) in [7, 11) is 0. The van der Waals surface area contributed by atoms with Gasteiger partial charge in [0, 0.05) is 16.0 Å². The molecule has 14 heavy (non-hydrogen) atoms. The Labute approximate surface area is 90.8 Å². The lowest BCUT2D eigenvalue weighted by Crippen LogP contribution is -2.21. The average Bonchev–Trinajstić information content (AvgIpc) is 2.47. The molecule has 0 saturated carbocycles. The maximum absolute atomic E-state index is 10.6. The zero-order chi connectivity index (χ0) is 10.8. The number of thiophene rings is 1. The predicted octanol–water partition coefficient (Wildman–Crippen LogP) is 2.31. The van der Waals surface area contributed by atoms with Gasteiger partial charge in [-0.25, -0.2) is 4.79 Å². The van der Waals surface area contributed by atoms with Crippen molar-refractivity contribution in [3.05, 3.63) is 16.3 Å². The Balaban J connectivity index is 2.56. The lowest BCUT2D eigenvalue weighted by molar-refractivity contribution is 0.0702. The number of carboxylic acid groups (broad SMARTS) is 1. The van der Waals surface area contributed by atoms with E-state index in [1.807, 2.05) is 0 Å². The summed E-state index contributed by atoms with van der Waals surface area (Å²) in [6, 6.07) is 1.63. The maximum Gasteiger partial charge on any atom is 0.345 e. The van der Waals surface area contributed by atoms with Gasteiger partial charge in [-0.2, -0.15) is 0 Å². The minimum atomic E-state index is -0.898. The fraction of sp³-hybridized carbons (Fsp3) is 0.444. The van der Waals surface area contributed by atoms with Crippen LogP contribution < -0.4 is 0 Å². The zero-order valence-corrected chi connectivity index (χ0v) is 9.61. The average molecular weight is 232 g/mol. The standard InChI is InChI=1S/C9H12O3S2/c1-9(2,12)5-14-6-3-7(8(10)11)13-4-6/h3-4,12H,5H2,1-2H3,(H,10,11). The maximum atomic E-state index is 10.6. The molecule has 0 aliphatic heterocycles. The molecule has 0 aliphatic carbocycles. The van der Waals surface area contributed by atoms with Crippen LogP contribution in [0.5, 0.6) is 0 Å². The molecule has 1 aromatic rings. The first-order chi connectivity index (χ1) is 6.38. The van der Waals surface area contributed by atoms with Gasteiger partial charge in [0.05, 0.1) is 5.60 Å². The molecule has 0 fully saturated rings. The van der Waals surface area contributed by atoms with E-state index in [0.29, 0.717) is 10.6 Å². The highest BCUT2D eigenvalue weighted by Gasteiger charge is 2.14. The summed E-state index contributed by atoms with van der Waals surface area (Å²) in [6.45, 7) is 3.45. The predicted molar refractivity (Wildman–Crippen MR) is 58.3 cm³/mol. The van der Waals surface area contributed by atoms with Gasteiger partial charge >= 0.3 is 5.97 Å². The molecule has 0 bridgehead atoms. The fourth-order valence-corrected chi connectivity index (χ4v) is 2.59. The number of rotatable bonds is 4. The van der Waals surface area contributed by atoms with Crippen molar-refractivity contribution < 1.29 is 15.0 Å². The lowest BCUT2D eigenvalue weighted by atomic mass is 10.2. The molecule has 1 aromatic heterocycles. The topological polar surface area (TPSA) is 57.5 Å². The first-order valence-electron chi connectivity index (χ1n) is 4.05. The molecule has 0 radical (unpaired) electrons. The molecule has 3 nitrogen and oxygen atoms in total. The Bertz CT molecular complexity index is 325. The van der Waals surface area contributed by atoms with Crippen LogP contribution in [0.3, 0.4) is 0 Å². The SMILES string of the molecule is CC(C)(O)CSc1csc(C(=O)O)c1. The molecular weight excluding hydrogens is 220 g/mol. The third-order valence-electron chi connectivity index (χ3n) is 1.38. The molecule has 2 N–H and O–H groups in total. The Kier molecular flexibility index (Phi) is 3.58. The summed E-state index contributed by atoms with van der Waals surface area (Å²) >= 11 is 2.67. The van der Waals surface area contributed by atoms with E-state index in [4.69, 9.17) is 5.11 Å². The molecule has 0 aliphatic rings. The van der Waals surface area contributed by atoms with Crippen molar-refractivity contribution in [2.24, 2.45) is 0 Å². The van der Waals surface area contributed by atoms with Crippen molar-refractivity contribution in [3.63, 3.8) is 0 Å². The third kappa shape index (κ3) is 3.69. The number of hydrogen-bond acceptors (Lipinski definition) is 4. The smallest absolute Gasteiger partial charge is 0.345 e. The van der Waals surface area contributed by atoms with Crippen molar-refractivity contribution in [3.8, 4) is 0 Å². The number of carbonyl (C=O) groups is 1. The number of aliphatic hydroxyl groups is 1. The van der Waals surface area contributed by atoms with E-state index in [1.165, 1.54) is 23.1 Å². The summed E-state index contributed by atoms with van der Waals surface area (Å²) < 4.78 is 0. The molecule has 0 saturated heterocycles. The van der Waals surface area contributed by atoms with Crippen LogP contribution in [-0.2, 0) is 0 Å². The lowest BCUT2D eigenvalue weighted by Gasteiger charge is -2.15. The monoisotopic (exact) mass is 232 g/mol. The van der Waals surface area contributed by atoms with Crippen LogP contribution in [0.2, 0.25) is 0 Å². The van der Waals surface area contributed by atoms with Crippen molar-refractivity contribution in [2.45, 2.75) is 24.3 Å². The second-order valence-electron chi connectivity index (χ2n) is 3.55. The van der Waals surface area contributed by atoms with Gasteiger partial charge in [-0.1, -0.05) is 0 Å². The summed E-state index contributed by atoms with van der Waals surface area (Å²) in [6.07, 6.45) is 0. The molecule has 0 amide bonds. The van der Waals surface area contributed by atoms with E-state index >= 15 is 0 Å². The molecule has 0 spiro atoms. The van der Waals surface area contributed by atoms with Crippen molar-refractivity contribution in [1.82, 2.24) is 0 Å². The van der Waals surface area contributed by atoms with Crippen LogP contribution >= 0.6 is 23.1 Å².